The van der Waals surface area contributed by atoms with Crippen LogP contribution < -0.4 is 5.56 Å². The Balaban J connectivity index is 1.44. The number of aromatic nitrogens is 3. The van der Waals surface area contributed by atoms with Gasteiger partial charge in [0.05, 0.1) is 38.0 Å². The van der Waals surface area contributed by atoms with E-state index in [0.717, 1.165) is 45.0 Å². The van der Waals surface area contributed by atoms with E-state index < -0.39 is 0 Å². The molecule has 26 heavy (non-hydrogen) atoms. The summed E-state index contributed by atoms with van der Waals surface area (Å²) in [5.74, 6) is 1.54. The van der Waals surface area contributed by atoms with Crippen molar-refractivity contribution >= 4 is 0 Å². The lowest BCUT2D eigenvalue weighted by atomic mass is 9.82. The SMILES string of the molecule is O=c1c(-c2ncc[nH]2)ccc2n1C[C@H]1C[C@@H]2CN(C2COCCOC2)C1. The van der Waals surface area contributed by atoms with Crippen LogP contribution in [0.25, 0.3) is 11.4 Å². The van der Waals surface area contributed by atoms with Crippen LogP contribution in [0.4, 0.5) is 0 Å². The van der Waals surface area contributed by atoms with Crippen molar-refractivity contribution in [3.05, 3.63) is 40.6 Å². The first-order valence-electron chi connectivity index (χ1n) is 9.42. The molecule has 0 spiro atoms. The highest BCUT2D eigenvalue weighted by atomic mass is 16.5. The lowest BCUT2D eigenvalue weighted by molar-refractivity contribution is 0.0234. The van der Waals surface area contributed by atoms with Crippen LogP contribution >= 0.6 is 0 Å². The van der Waals surface area contributed by atoms with Gasteiger partial charge >= 0.3 is 0 Å². The second-order valence-electron chi connectivity index (χ2n) is 7.58. The molecule has 1 N–H and O–H groups in total. The number of hydrogen-bond donors (Lipinski definition) is 1. The second-order valence-corrected chi connectivity index (χ2v) is 7.58. The largest absolute Gasteiger partial charge is 0.377 e. The van der Waals surface area contributed by atoms with Gasteiger partial charge in [0, 0.05) is 43.6 Å². The highest BCUT2D eigenvalue weighted by molar-refractivity contribution is 5.53. The molecule has 0 aromatic carbocycles. The molecular weight excluding hydrogens is 332 g/mol. The molecule has 0 amide bonds. The van der Waals surface area contributed by atoms with Crippen LogP contribution in [0.3, 0.4) is 0 Å². The van der Waals surface area contributed by atoms with Gasteiger partial charge < -0.3 is 19.0 Å². The molecule has 3 aliphatic rings. The van der Waals surface area contributed by atoms with Crippen LogP contribution in [0.5, 0.6) is 0 Å². The number of likely N-dealkylation sites (tertiary alicyclic amines) is 1. The minimum atomic E-state index is 0.0710. The molecule has 2 saturated heterocycles. The lowest BCUT2D eigenvalue weighted by Gasteiger charge is -2.45. The summed E-state index contributed by atoms with van der Waals surface area (Å²) in [6, 6.07) is 4.36. The predicted molar refractivity (Wildman–Crippen MR) is 96.1 cm³/mol. The van der Waals surface area contributed by atoms with E-state index in [-0.39, 0.29) is 5.56 Å². The summed E-state index contributed by atoms with van der Waals surface area (Å²) in [5, 5.41) is 0. The third-order valence-electron chi connectivity index (χ3n) is 5.89. The molecule has 2 atom stereocenters. The van der Waals surface area contributed by atoms with Crippen molar-refractivity contribution in [2.45, 2.75) is 24.9 Å². The van der Waals surface area contributed by atoms with Gasteiger partial charge in [0.25, 0.3) is 5.56 Å². The van der Waals surface area contributed by atoms with Crippen molar-refractivity contribution in [3.8, 4) is 11.4 Å². The van der Waals surface area contributed by atoms with Crippen molar-refractivity contribution in [2.75, 3.05) is 39.5 Å². The van der Waals surface area contributed by atoms with Gasteiger partial charge in [0.2, 0.25) is 0 Å². The summed E-state index contributed by atoms with van der Waals surface area (Å²) in [7, 11) is 0. The predicted octanol–water partition coefficient (Wildman–Crippen LogP) is 1.07. The first kappa shape index (κ1) is 16.2. The molecule has 7 nitrogen and oxygen atoms in total. The van der Waals surface area contributed by atoms with Crippen molar-refractivity contribution < 1.29 is 9.47 Å². The molecule has 5 heterocycles. The molecule has 0 radical (unpaired) electrons. The third kappa shape index (κ3) is 2.80. The molecule has 3 aliphatic heterocycles. The highest BCUT2D eigenvalue weighted by Gasteiger charge is 2.37. The molecule has 0 saturated carbocycles. The van der Waals surface area contributed by atoms with Crippen molar-refractivity contribution in [3.63, 3.8) is 0 Å². The van der Waals surface area contributed by atoms with E-state index in [1.807, 2.05) is 10.6 Å². The Morgan fingerprint density at radius 3 is 2.73 bits per heavy atom. The molecule has 2 bridgehead atoms. The van der Waals surface area contributed by atoms with Crippen LogP contribution in [-0.2, 0) is 16.0 Å². The normalized spacial score (nSPS) is 27.1. The number of nitrogens with zero attached hydrogens (tertiary/aromatic N) is 3. The van der Waals surface area contributed by atoms with E-state index in [1.54, 1.807) is 12.4 Å². The number of hydrogen-bond acceptors (Lipinski definition) is 5. The molecule has 0 unspecified atom stereocenters. The zero-order chi connectivity index (χ0) is 17.5. The molecule has 138 valence electrons. The number of pyridine rings is 1. The number of ether oxygens (including phenoxy) is 2. The number of fused-ring (bicyclic) bond motifs is 4. The number of piperidine rings is 1. The number of rotatable bonds is 2. The van der Waals surface area contributed by atoms with Crippen molar-refractivity contribution in [1.29, 1.82) is 0 Å². The van der Waals surface area contributed by atoms with Crippen molar-refractivity contribution in [1.82, 2.24) is 19.4 Å². The summed E-state index contributed by atoms with van der Waals surface area (Å²) in [6.45, 7) is 5.60. The van der Waals surface area contributed by atoms with E-state index in [4.69, 9.17) is 9.47 Å². The van der Waals surface area contributed by atoms with Gasteiger partial charge in [-0.2, -0.15) is 0 Å². The summed E-state index contributed by atoms with van der Waals surface area (Å²) < 4.78 is 13.4. The topological polar surface area (TPSA) is 72.4 Å². The zero-order valence-electron chi connectivity index (χ0n) is 14.8. The monoisotopic (exact) mass is 356 g/mol. The van der Waals surface area contributed by atoms with Gasteiger partial charge in [-0.3, -0.25) is 9.69 Å². The van der Waals surface area contributed by atoms with Gasteiger partial charge in [-0.15, -0.1) is 0 Å². The van der Waals surface area contributed by atoms with E-state index >= 15 is 0 Å². The van der Waals surface area contributed by atoms with Crippen LogP contribution in [0.2, 0.25) is 0 Å². The standard InChI is InChI=1S/C19H24N4O3/c24-19-16(18-20-3-4-21-18)1-2-17-14-7-13(9-23(17)19)8-22(10-14)15-11-25-5-6-26-12-15/h1-4,13-15H,5-12H2,(H,20,21)/t13-,14+/m0/s1. The first-order valence-corrected chi connectivity index (χ1v) is 9.42. The Morgan fingerprint density at radius 2 is 1.96 bits per heavy atom. The summed E-state index contributed by atoms with van der Waals surface area (Å²) in [4.78, 5) is 22.8. The van der Waals surface area contributed by atoms with E-state index in [2.05, 4.69) is 20.9 Å². The summed E-state index contributed by atoms with van der Waals surface area (Å²) in [5.41, 5.74) is 1.88. The maximum Gasteiger partial charge on any atom is 0.261 e. The van der Waals surface area contributed by atoms with E-state index in [0.29, 0.717) is 42.5 Å². The number of aromatic amines is 1. The fourth-order valence-electron chi connectivity index (χ4n) is 4.69. The first-order chi connectivity index (χ1) is 12.8. The van der Waals surface area contributed by atoms with Gasteiger partial charge in [-0.1, -0.05) is 0 Å². The van der Waals surface area contributed by atoms with Crippen LogP contribution in [-0.4, -0.2) is 65.0 Å². The maximum atomic E-state index is 13.0. The van der Waals surface area contributed by atoms with E-state index in [1.165, 1.54) is 0 Å². The molecule has 2 aromatic heterocycles. The smallest absolute Gasteiger partial charge is 0.261 e. The minimum absolute atomic E-state index is 0.0710. The summed E-state index contributed by atoms with van der Waals surface area (Å²) in [6.07, 6.45) is 4.59. The maximum absolute atomic E-state index is 13.0. The number of H-pyrrole nitrogens is 1. The van der Waals surface area contributed by atoms with Crippen LogP contribution in [0.15, 0.2) is 29.3 Å². The minimum Gasteiger partial charge on any atom is -0.377 e. The molecule has 0 aliphatic carbocycles. The second kappa shape index (κ2) is 6.64. The molecule has 2 aromatic rings. The highest BCUT2D eigenvalue weighted by Crippen LogP contribution is 2.36. The molecule has 2 fully saturated rings. The Labute approximate surface area is 151 Å². The quantitative estimate of drug-likeness (QED) is 0.872. The summed E-state index contributed by atoms with van der Waals surface area (Å²) >= 11 is 0. The van der Waals surface area contributed by atoms with E-state index in [9.17, 15) is 4.79 Å². The Bertz CT molecular complexity index is 824. The Kier molecular flexibility index (Phi) is 4.15. The fraction of sp³-hybridized carbons (Fsp3) is 0.579. The number of imidazole rings is 1. The van der Waals surface area contributed by atoms with Gasteiger partial charge in [0.15, 0.2) is 0 Å². The molecule has 7 heteroatoms. The van der Waals surface area contributed by atoms with Crippen LogP contribution in [0.1, 0.15) is 18.0 Å². The Morgan fingerprint density at radius 1 is 1.12 bits per heavy atom. The average molecular weight is 356 g/mol. The van der Waals surface area contributed by atoms with Crippen LogP contribution in [0, 0.1) is 5.92 Å². The molecule has 5 rings (SSSR count). The molecular formula is C19H24N4O3. The van der Waals surface area contributed by atoms with Gasteiger partial charge in [-0.25, -0.2) is 4.98 Å². The number of nitrogens with one attached hydrogen (secondary N) is 1. The average Bonchev–Trinajstić information content (AvgIpc) is 3.04. The van der Waals surface area contributed by atoms with Gasteiger partial charge in [-0.05, 0) is 24.5 Å². The fourth-order valence-corrected chi connectivity index (χ4v) is 4.69. The lowest BCUT2D eigenvalue weighted by Crippen LogP contribution is -2.52. The third-order valence-corrected chi connectivity index (χ3v) is 5.89. The Hall–Kier alpha value is -1.96. The van der Waals surface area contributed by atoms with Crippen molar-refractivity contribution in [2.24, 2.45) is 5.92 Å². The zero-order valence-corrected chi connectivity index (χ0v) is 14.8. The van der Waals surface area contributed by atoms with Gasteiger partial charge in [0.1, 0.15) is 5.82 Å².